The van der Waals surface area contributed by atoms with Gasteiger partial charge in [0, 0.05) is 19.3 Å². The van der Waals surface area contributed by atoms with Crippen LogP contribution in [0.5, 0.6) is 0 Å². The summed E-state index contributed by atoms with van der Waals surface area (Å²) in [5.74, 6) is 0.156. The van der Waals surface area contributed by atoms with Crippen LogP contribution in [0.4, 0.5) is 0 Å². The first kappa shape index (κ1) is 11.8. The second kappa shape index (κ2) is 4.76. The van der Waals surface area contributed by atoms with Gasteiger partial charge in [-0.05, 0) is 56.3 Å². The van der Waals surface area contributed by atoms with Gasteiger partial charge in [-0.25, -0.2) is 0 Å². The first-order valence-corrected chi connectivity index (χ1v) is 6.93. The van der Waals surface area contributed by atoms with Crippen LogP contribution in [0.15, 0.2) is 18.3 Å². The number of aromatic nitrogens is 1. The van der Waals surface area contributed by atoms with Crippen LogP contribution < -0.4 is 5.32 Å². The molecule has 1 aromatic rings. The van der Waals surface area contributed by atoms with Crippen molar-refractivity contribution < 1.29 is 4.79 Å². The standard InChI is InChI=1S/C14H21N3O/c18-13(12-2-1-7-16-12)17-10-5-14(6-11-17)3-8-15-9-4-14/h1-2,7,15-16H,3-6,8-11H2. The van der Waals surface area contributed by atoms with E-state index in [0.717, 1.165) is 31.9 Å². The highest BCUT2D eigenvalue weighted by Crippen LogP contribution is 2.39. The Morgan fingerprint density at radius 1 is 1.17 bits per heavy atom. The fourth-order valence-electron chi connectivity index (χ4n) is 3.27. The molecule has 98 valence electrons. The average molecular weight is 247 g/mol. The summed E-state index contributed by atoms with van der Waals surface area (Å²) in [5.41, 5.74) is 1.23. The van der Waals surface area contributed by atoms with E-state index in [2.05, 4.69) is 10.3 Å². The highest BCUT2D eigenvalue weighted by Gasteiger charge is 2.36. The molecule has 2 N–H and O–H groups in total. The number of rotatable bonds is 1. The zero-order valence-corrected chi connectivity index (χ0v) is 10.7. The molecule has 0 bridgehead atoms. The Balaban J connectivity index is 1.61. The van der Waals surface area contributed by atoms with Crippen LogP contribution in [-0.2, 0) is 0 Å². The summed E-state index contributed by atoms with van der Waals surface area (Å²) >= 11 is 0. The zero-order chi connectivity index (χ0) is 12.4. The van der Waals surface area contributed by atoms with Crippen molar-refractivity contribution in [2.75, 3.05) is 26.2 Å². The lowest BCUT2D eigenvalue weighted by Crippen LogP contribution is -2.47. The molecule has 3 heterocycles. The molecule has 1 spiro atoms. The van der Waals surface area contributed by atoms with E-state index in [1.54, 1.807) is 0 Å². The van der Waals surface area contributed by atoms with E-state index >= 15 is 0 Å². The summed E-state index contributed by atoms with van der Waals surface area (Å²) in [5, 5.41) is 3.43. The van der Waals surface area contributed by atoms with E-state index in [1.807, 2.05) is 23.2 Å². The fraction of sp³-hybridized carbons (Fsp3) is 0.643. The van der Waals surface area contributed by atoms with Gasteiger partial charge in [0.1, 0.15) is 5.69 Å². The lowest BCUT2D eigenvalue weighted by atomic mass is 9.71. The van der Waals surface area contributed by atoms with Crippen molar-refractivity contribution in [3.63, 3.8) is 0 Å². The summed E-state index contributed by atoms with van der Waals surface area (Å²) in [4.78, 5) is 17.2. The molecular formula is C14H21N3O. The molecule has 18 heavy (non-hydrogen) atoms. The zero-order valence-electron chi connectivity index (χ0n) is 10.7. The van der Waals surface area contributed by atoms with E-state index in [1.165, 1.54) is 25.7 Å². The number of aromatic amines is 1. The average Bonchev–Trinajstić information content (AvgIpc) is 2.94. The second-order valence-electron chi connectivity index (χ2n) is 5.63. The van der Waals surface area contributed by atoms with E-state index in [4.69, 9.17) is 0 Å². The van der Waals surface area contributed by atoms with Gasteiger partial charge >= 0.3 is 0 Å². The Morgan fingerprint density at radius 2 is 1.89 bits per heavy atom. The van der Waals surface area contributed by atoms with E-state index in [-0.39, 0.29) is 5.91 Å². The monoisotopic (exact) mass is 247 g/mol. The molecule has 1 amide bonds. The largest absolute Gasteiger partial charge is 0.357 e. The molecule has 0 radical (unpaired) electrons. The SMILES string of the molecule is O=C(c1ccc[nH]1)N1CCC2(CCNCC2)CC1. The van der Waals surface area contributed by atoms with Gasteiger partial charge in [-0.3, -0.25) is 4.79 Å². The van der Waals surface area contributed by atoms with Crippen molar-refractivity contribution >= 4 is 5.91 Å². The topological polar surface area (TPSA) is 48.1 Å². The number of nitrogens with zero attached hydrogens (tertiary/aromatic N) is 1. The molecule has 0 aliphatic carbocycles. The number of carbonyl (C=O) groups is 1. The summed E-state index contributed by atoms with van der Waals surface area (Å²) in [7, 11) is 0. The number of H-pyrrole nitrogens is 1. The predicted molar refractivity (Wildman–Crippen MR) is 70.5 cm³/mol. The first-order chi connectivity index (χ1) is 8.79. The van der Waals surface area contributed by atoms with Gasteiger partial charge in [-0.1, -0.05) is 0 Å². The second-order valence-corrected chi connectivity index (χ2v) is 5.63. The molecule has 2 aliphatic rings. The Hall–Kier alpha value is -1.29. The van der Waals surface area contributed by atoms with Crippen LogP contribution >= 0.6 is 0 Å². The number of hydrogen-bond donors (Lipinski definition) is 2. The molecule has 1 aromatic heterocycles. The molecule has 0 unspecified atom stereocenters. The molecule has 2 aliphatic heterocycles. The summed E-state index contributed by atoms with van der Waals surface area (Å²) < 4.78 is 0. The summed E-state index contributed by atoms with van der Waals surface area (Å²) in [6, 6.07) is 3.74. The van der Waals surface area contributed by atoms with Gasteiger partial charge < -0.3 is 15.2 Å². The van der Waals surface area contributed by atoms with Crippen molar-refractivity contribution in [2.45, 2.75) is 25.7 Å². The van der Waals surface area contributed by atoms with Crippen LogP contribution in [0.3, 0.4) is 0 Å². The molecule has 4 nitrogen and oxygen atoms in total. The van der Waals surface area contributed by atoms with Gasteiger partial charge in [0.05, 0.1) is 0 Å². The van der Waals surface area contributed by atoms with Crippen molar-refractivity contribution in [3.8, 4) is 0 Å². The minimum Gasteiger partial charge on any atom is -0.357 e. The van der Waals surface area contributed by atoms with Gasteiger partial charge in [-0.15, -0.1) is 0 Å². The lowest BCUT2D eigenvalue weighted by molar-refractivity contribution is 0.0491. The number of amides is 1. The highest BCUT2D eigenvalue weighted by atomic mass is 16.2. The molecule has 0 aromatic carbocycles. The quantitative estimate of drug-likeness (QED) is 0.792. The highest BCUT2D eigenvalue weighted by molar-refractivity contribution is 5.92. The number of hydrogen-bond acceptors (Lipinski definition) is 2. The van der Waals surface area contributed by atoms with Gasteiger partial charge in [0.15, 0.2) is 0 Å². The third-order valence-electron chi connectivity index (χ3n) is 4.60. The van der Waals surface area contributed by atoms with Crippen LogP contribution in [0.25, 0.3) is 0 Å². The van der Waals surface area contributed by atoms with Crippen LogP contribution in [-0.4, -0.2) is 42.0 Å². The minimum atomic E-state index is 0.156. The third-order valence-corrected chi connectivity index (χ3v) is 4.60. The number of likely N-dealkylation sites (tertiary alicyclic amines) is 1. The third kappa shape index (κ3) is 2.17. The van der Waals surface area contributed by atoms with Crippen molar-refractivity contribution in [3.05, 3.63) is 24.0 Å². The molecule has 3 rings (SSSR count). The number of piperidine rings is 2. The summed E-state index contributed by atoms with van der Waals surface area (Å²) in [6.07, 6.45) is 6.70. The van der Waals surface area contributed by atoms with Crippen LogP contribution in [0.1, 0.15) is 36.2 Å². The number of carbonyl (C=O) groups excluding carboxylic acids is 1. The van der Waals surface area contributed by atoms with Crippen molar-refractivity contribution in [2.24, 2.45) is 5.41 Å². The Bertz CT molecular complexity index is 397. The maximum Gasteiger partial charge on any atom is 0.270 e. The Labute approximate surface area is 108 Å². The van der Waals surface area contributed by atoms with Crippen molar-refractivity contribution in [1.29, 1.82) is 0 Å². The van der Waals surface area contributed by atoms with Gasteiger partial charge in [0.25, 0.3) is 5.91 Å². The molecule has 4 heteroatoms. The Kier molecular flexibility index (Phi) is 3.12. The normalized spacial score (nSPS) is 23.2. The molecular weight excluding hydrogens is 226 g/mol. The van der Waals surface area contributed by atoms with Crippen molar-refractivity contribution in [1.82, 2.24) is 15.2 Å². The molecule has 2 fully saturated rings. The van der Waals surface area contributed by atoms with Crippen LogP contribution in [0.2, 0.25) is 0 Å². The molecule has 0 atom stereocenters. The lowest BCUT2D eigenvalue weighted by Gasteiger charge is -2.44. The van der Waals surface area contributed by atoms with E-state index in [0.29, 0.717) is 5.41 Å². The van der Waals surface area contributed by atoms with Gasteiger partial charge in [-0.2, -0.15) is 0 Å². The first-order valence-electron chi connectivity index (χ1n) is 6.93. The maximum absolute atomic E-state index is 12.2. The van der Waals surface area contributed by atoms with Crippen LogP contribution in [0, 0.1) is 5.41 Å². The molecule has 2 saturated heterocycles. The fourth-order valence-corrected chi connectivity index (χ4v) is 3.27. The number of nitrogens with one attached hydrogen (secondary N) is 2. The van der Waals surface area contributed by atoms with E-state index < -0.39 is 0 Å². The molecule has 0 saturated carbocycles. The minimum absolute atomic E-state index is 0.156. The van der Waals surface area contributed by atoms with Gasteiger partial charge in [0.2, 0.25) is 0 Å². The van der Waals surface area contributed by atoms with E-state index in [9.17, 15) is 4.79 Å². The smallest absolute Gasteiger partial charge is 0.270 e. The maximum atomic E-state index is 12.2. The Morgan fingerprint density at radius 3 is 2.50 bits per heavy atom. The summed E-state index contributed by atoms with van der Waals surface area (Å²) in [6.45, 7) is 4.12. The predicted octanol–water partition coefficient (Wildman–Crippen LogP) is 1.62.